The number of rotatable bonds is 5. The summed E-state index contributed by atoms with van der Waals surface area (Å²) in [6.45, 7) is 7.69. The molecule has 3 N–H and O–H groups in total. The van der Waals surface area contributed by atoms with Crippen molar-refractivity contribution in [1.29, 1.82) is 0 Å². The van der Waals surface area contributed by atoms with Gasteiger partial charge < -0.3 is 15.5 Å². The molecule has 5 nitrogen and oxygen atoms in total. The summed E-state index contributed by atoms with van der Waals surface area (Å²) in [5, 5.41) is 24.8. The highest BCUT2D eigenvalue weighted by Crippen LogP contribution is 2.68. The molecule has 1 heterocycles. The van der Waals surface area contributed by atoms with E-state index in [0.29, 0.717) is 48.5 Å². The molecule has 0 aliphatic heterocycles. The van der Waals surface area contributed by atoms with Crippen molar-refractivity contribution < 1.29 is 15.0 Å². The zero-order valence-corrected chi connectivity index (χ0v) is 21.2. The molecule has 1 amide bonds. The minimum Gasteiger partial charge on any atom is -0.393 e. The number of carbonyl (C=O) groups is 1. The number of amides is 1. The second kappa shape index (κ2) is 9.20. The number of carbonyl (C=O) groups excluding carboxylic acids is 1. The first-order valence-corrected chi connectivity index (χ1v) is 13.7. The van der Waals surface area contributed by atoms with Gasteiger partial charge in [-0.3, -0.25) is 9.78 Å². The molecule has 188 valence electrons. The lowest BCUT2D eigenvalue weighted by Crippen LogP contribution is -2.58. The van der Waals surface area contributed by atoms with Gasteiger partial charge in [-0.15, -0.1) is 0 Å². The van der Waals surface area contributed by atoms with Crippen LogP contribution in [0.4, 0.5) is 0 Å². The minimum atomic E-state index is -0.242. The van der Waals surface area contributed by atoms with Crippen molar-refractivity contribution in [2.45, 2.75) is 97.3 Å². The van der Waals surface area contributed by atoms with E-state index in [1.54, 1.807) is 6.20 Å². The SMILES string of the molecule is C[C@H](CC(=O)NCc1ccccn1)C1CC[C@H]2[C@@H]3[C@H](O)C[C@@H]4C[C@H](O)CC[C@]4(C)[C@H]3CC[C@]12C. The van der Waals surface area contributed by atoms with E-state index < -0.39 is 0 Å². The third kappa shape index (κ3) is 4.11. The Morgan fingerprint density at radius 3 is 2.62 bits per heavy atom. The summed E-state index contributed by atoms with van der Waals surface area (Å²) in [5.74, 6) is 2.94. The third-order valence-electron chi connectivity index (χ3n) is 11.1. The first-order valence-electron chi connectivity index (χ1n) is 13.7. The van der Waals surface area contributed by atoms with Crippen molar-refractivity contribution in [2.24, 2.45) is 46.3 Å². The second-order valence-corrected chi connectivity index (χ2v) is 12.7. The fourth-order valence-electron chi connectivity index (χ4n) is 9.37. The van der Waals surface area contributed by atoms with Crippen LogP contribution in [0.3, 0.4) is 0 Å². The average molecular weight is 469 g/mol. The number of fused-ring (bicyclic) bond motifs is 5. The number of aromatic nitrogens is 1. The molecule has 4 aliphatic carbocycles. The van der Waals surface area contributed by atoms with Crippen LogP contribution in [0.5, 0.6) is 0 Å². The van der Waals surface area contributed by atoms with Crippen molar-refractivity contribution in [1.82, 2.24) is 10.3 Å². The van der Waals surface area contributed by atoms with Gasteiger partial charge >= 0.3 is 0 Å². The van der Waals surface area contributed by atoms with E-state index in [1.807, 2.05) is 18.2 Å². The van der Waals surface area contributed by atoms with Crippen LogP contribution in [0.15, 0.2) is 24.4 Å². The van der Waals surface area contributed by atoms with Crippen molar-refractivity contribution >= 4 is 5.91 Å². The monoisotopic (exact) mass is 468 g/mol. The van der Waals surface area contributed by atoms with Gasteiger partial charge in [0, 0.05) is 12.6 Å². The van der Waals surface area contributed by atoms with E-state index >= 15 is 0 Å². The number of nitrogens with one attached hydrogen (secondary N) is 1. The Balaban J connectivity index is 1.26. The Labute approximate surface area is 205 Å². The van der Waals surface area contributed by atoms with Crippen LogP contribution in [0, 0.1) is 46.3 Å². The summed E-state index contributed by atoms with van der Waals surface area (Å²) >= 11 is 0. The smallest absolute Gasteiger partial charge is 0.220 e. The zero-order valence-electron chi connectivity index (χ0n) is 21.2. The summed E-state index contributed by atoms with van der Waals surface area (Å²) in [6.07, 6.45) is 10.4. The van der Waals surface area contributed by atoms with Gasteiger partial charge in [-0.2, -0.15) is 0 Å². The minimum absolute atomic E-state index is 0.118. The normalized spacial score (nSPS) is 44.4. The number of nitrogens with zero attached hydrogens (tertiary/aromatic N) is 1. The van der Waals surface area contributed by atoms with Crippen LogP contribution in [0.2, 0.25) is 0 Å². The first-order chi connectivity index (χ1) is 16.2. The highest BCUT2D eigenvalue weighted by atomic mass is 16.3. The number of hydrogen-bond donors (Lipinski definition) is 3. The van der Waals surface area contributed by atoms with E-state index in [0.717, 1.165) is 31.4 Å². The second-order valence-electron chi connectivity index (χ2n) is 12.7. The lowest BCUT2D eigenvalue weighted by atomic mass is 9.43. The largest absolute Gasteiger partial charge is 0.393 e. The van der Waals surface area contributed by atoms with Crippen LogP contribution >= 0.6 is 0 Å². The van der Waals surface area contributed by atoms with Crippen LogP contribution in [0.1, 0.15) is 84.3 Å². The lowest BCUT2D eigenvalue weighted by Gasteiger charge is -2.62. The lowest BCUT2D eigenvalue weighted by molar-refractivity contribution is -0.174. The fourth-order valence-corrected chi connectivity index (χ4v) is 9.37. The van der Waals surface area contributed by atoms with Crippen LogP contribution in [-0.2, 0) is 11.3 Å². The molecule has 1 aromatic heterocycles. The average Bonchev–Trinajstić information content (AvgIpc) is 3.17. The Morgan fingerprint density at radius 1 is 1.09 bits per heavy atom. The van der Waals surface area contributed by atoms with Gasteiger partial charge in [0.2, 0.25) is 5.91 Å². The van der Waals surface area contributed by atoms with Gasteiger partial charge in [-0.25, -0.2) is 0 Å². The van der Waals surface area contributed by atoms with Crippen molar-refractivity contribution in [3.8, 4) is 0 Å². The fraction of sp³-hybridized carbons (Fsp3) is 0.793. The van der Waals surface area contributed by atoms with Crippen LogP contribution in [0.25, 0.3) is 0 Å². The van der Waals surface area contributed by atoms with Gasteiger partial charge in [-0.1, -0.05) is 26.8 Å². The molecule has 4 aliphatic rings. The van der Waals surface area contributed by atoms with Crippen molar-refractivity contribution in [2.75, 3.05) is 0 Å². The molecule has 4 saturated carbocycles. The molecule has 1 aromatic rings. The van der Waals surface area contributed by atoms with E-state index in [1.165, 1.54) is 25.7 Å². The maximum atomic E-state index is 12.8. The Hall–Kier alpha value is -1.46. The van der Waals surface area contributed by atoms with E-state index in [2.05, 4.69) is 31.1 Å². The highest BCUT2D eigenvalue weighted by Gasteiger charge is 2.62. The Bertz CT molecular complexity index is 877. The van der Waals surface area contributed by atoms with Crippen LogP contribution < -0.4 is 5.32 Å². The predicted octanol–water partition coefficient (Wildman–Crippen LogP) is 4.71. The molecule has 0 bridgehead atoms. The Morgan fingerprint density at radius 2 is 1.85 bits per heavy atom. The van der Waals surface area contributed by atoms with E-state index in [9.17, 15) is 15.0 Å². The number of pyridine rings is 1. The first kappa shape index (κ1) is 24.2. The maximum Gasteiger partial charge on any atom is 0.220 e. The molecular weight excluding hydrogens is 424 g/mol. The molecule has 0 spiro atoms. The quantitative estimate of drug-likeness (QED) is 0.584. The van der Waals surface area contributed by atoms with Gasteiger partial charge in [0.15, 0.2) is 0 Å². The Kier molecular flexibility index (Phi) is 6.56. The molecule has 10 atom stereocenters. The summed E-state index contributed by atoms with van der Waals surface area (Å²) < 4.78 is 0. The molecule has 0 aromatic carbocycles. The molecule has 5 rings (SSSR count). The number of aliphatic hydroxyl groups is 2. The molecule has 0 saturated heterocycles. The predicted molar refractivity (Wildman–Crippen MR) is 132 cm³/mol. The molecule has 34 heavy (non-hydrogen) atoms. The molecule has 0 radical (unpaired) electrons. The van der Waals surface area contributed by atoms with Gasteiger partial charge in [0.1, 0.15) is 0 Å². The highest BCUT2D eigenvalue weighted by molar-refractivity contribution is 5.76. The van der Waals surface area contributed by atoms with Crippen molar-refractivity contribution in [3.63, 3.8) is 0 Å². The van der Waals surface area contributed by atoms with E-state index in [-0.39, 0.29) is 28.9 Å². The zero-order chi connectivity index (χ0) is 24.1. The molecular formula is C29H44N2O3. The summed E-state index contributed by atoms with van der Waals surface area (Å²) in [5.41, 5.74) is 1.36. The van der Waals surface area contributed by atoms with Gasteiger partial charge in [0.05, 0.1) is 24.4 Å². The van der Waals surface area contributed by atoms with Gasteiger partial charge in [0.25, 0.3) is 0 Å². The summed E-state index contributed by atoms with van der Waals surface area (Å²) in [4.78, 5) is 17.1. The molecule has 1 unspecified atom stereocenters. The topological polar surface area (TPSA) is 82.5 Å². The van der Waals surface area contributed by atoms with Gasteiger partial charge in [-0.05, 0) is 110 Å². The molecule has 5 heteroatoms. The summed E-state index contributed by atoms with van der Waals surface area (Å²) in [6, 6.07) is 5.78. The van der Waals surface area contributed by atoms with Crippen molar-refractivity contribution in [3.05, 3.63) is 30.1 Å². The third-order valence-corrected chi connectivity index (χ3v) is 11.1. The standard InChI is InChI=1S/C29H44N2O3/c1-18(14-26(34)31-17-20-6-4-5-13-30-20)22-7-8-23-27-24(10-12-29(22,23)3)28(2)11-9-21(32)15-19(28)16-25(27)33/h4-6,13,18-19,21-25,27,32-33H,7-12,14-17H2,1-3H3,(H,31,34)/t18-,19+,21-,22?,23+,24+,25-,27+,28+,29-/m1/s1. The van der Waals surface area contributed by atoms with Crippen LogP contribution in [-0.4, -0.2) is 33.3 Å². The molecule has 4 fully saturated rings. The maximum absolute atomic E-state index is 12.8. The number of aliphatic hydroxyl groups excluding tert-OH is 2. The summed E-state index contributed by atoms with van der Waals surface area (Å²) in [7, 11) is 0. The number of hydrogen-bond acceptors (Lipinski definition) is 4. The van der Waals surface area contributed by atoms with E-state index in [4.69, 9.17) is 0 Å².